The minimum absolute atomic E-state index is 0.0383. The molecule has 114 valence electrons. The predicted molar refractivity (Wildman–Crippen MR) is 76.1 cm³/mol. The Morgan fingerprint density at radius 1 is 1.57 bits per heavy atom. The lowest BCUT2D eigenvalue weighted by Gasteiger charge is -2.10. The fourth-order valence-corrected chi connectivity index (χ4v) is 2.84. The van der Waals surface area contributed by atoms with Crippen LogP contribution in [0, 0.1) is 0 Å². The van der Waals surface area contributed by atoms with Gasteiger partial charge in [0.25, 0.3) is 5.91 Å². The molecule has 0 spiro atoms. The number of rotatable bonds is 5. The molecule has 0 saturated carbocycles. The second kappa shape index (κ2) is 6.61. The number of carbonyl (C=O) groups excluding carboxylic acids is 3. The van der Waals surface area contributed by atoms with Crippen LogP contribution < -0.4 is 15.4 Å². The van der Waals surface area contributed by atoms with Crippen molar-refractivity contribution in [2.24, 2.45) is 7.05 Å². The zero-order valence-corrected chi connectivity index (χ0v) is 12.5. The molecular weight excluding hydrogens is 296 g/mol. The number of aromatic nitrogens is 2. The number of methoxy groups -OCH3 is 1. The van der Waals surface area contributed by atoms with Crippen LogP contribution in [0.25, 0.3) is 0 Å². The summed E-state index contributed by atoms with van der Waals surface area (Å²) in [7, 11) is 3.07. The van der Waals surface area contributed by atoms with E-state index in [-0.39, 0.29) is 23.1 Å². The van der Waals surface area contributed by atoms with E-state index < -0.39 is 17.9 Å². The van der Waals surface area contributed by atoms with Crippen LogP contribution in [0.3, 0.4) is 0 Å². The lowest BCUT2D eigenvalue weighted by molar-refractivity contribution is -0.123. The van der Waals surface area contributed by atoms with Crippen LogP contribution in [0.1, 0.15) is 16.8 Å². The van der Waals surface area contributed by atoms with Gasteiger partial charge in [-0.25, -0.2) is 0 Å². The molecule has 1 aromatic heterocycles. The molecule has 0 aromatic carbocycles. The summed E-state index contributed by atoms with van der Waals surface area (Å²) in [4.78, 5) is 35.0. The van der Waals surface area contributed by atoms with E-state index in [1.54, 1.807) is 7.05 Å². The summed E-state index contributed by atoms with van der Waals surface area (Å²) in [5.74, 6) is 0.0512. The Balaban J connectivity index is 1.85. The molecule has 8 nitrogen and oxygen atoms in total. The zero-order valence-electron chi connectivity index (χ0n) is 11.7. The Kier molecular flexibility index (Phi) is 4.84. The van der Waals surface area contributed by atoms with Crippen LogP contribution in [-0.4, -0.2) is 52.2 Å². The molecule has 0 radical (unpaired) electrons. The fourth-order valence-electron chi connectivity index (χ4n) is 1.90. The van der Waals surface area contributed by atoms with Crippen molar-refractivity contribution in [2.45, 2.75) is 12.5 Å². The average molecular weight is 312 g/mol. The van der Waals surface area contributed by atoms with Crippen molar-refractivity contribution >= 4 is 28.7 Å². The van der Waals surface area contributed by atoms with Crippen LogP contribution in [0.5, 0.6) is 5.88 Å². The van der Waals surface area contributed by atoms with Crippen LogP contribution in [-0.2, 0) is 16.6 Å². The highest BCUT2D eigenvalue weighted by Crippen LogP contribution is 2.19. The Labute approximate surface area is 125 Å². The number of thioether (sulfide) groups is 1. The summed E-state index contributed by atoms with van der Waals surface area (Å²) in [6.07, 6.45) is 2.13. The quantitative estimate of drug-likeness (QED) is 0.746. The first kappa shape index (κ1) is 15.4. The van der Waals surface area contributed by atoms with Gasteiger partial charge in [-0.1, -0.05) is 11.8 Å². The fraction of sp³-hybridized carbons (Fsp3) is 0.500. The van der Waals surface area contributed by atoms with Crippen molar-refractivity contribution in [2.75, 3.05) is 19.4 Å². The number of nitrogens with one attached hydrogen (secondary N) is 2. The van der Waals surface area contributed by atoms with Crippen LogP contribution >= 0.6 is 11.8 Å². The SMILES string of the molecule is COc1nn(C)cc1C(=O)NCC(=O)N[C@H]1CCSC1=O. The summed E-state index contributed by atoms with van der Waals surface area (Å²) in [5.41, 5.74) is 0.250. The van der Waals surface area contributed by atoms with Crippen molar-refractivity contribution in [1.29, 1.82) is 0 Å². The Hall–Kier alpha value is -2.03. The molecule has 1 aliphatic rings. The normalized spacial score (nSPS) is 17.6. The van der Waals surface area contributed by atoms with Crippen molar-refractivity contribution < 1.29 is 19.1 Å². The standard InChI is InChI=1S/C12H16N4O4S/c1-16-6-7(11(15-16)20-2)10(18)13-5-9(17)14-8-3-4-21-12(8)19/h6,8H,3-5H2,1-2H3,(H,13,18)(H,14,17)/t8-/m0/s1. The summed E-state index contributed by atoms with van der Waals surface area (Å²) in [6, 6.07) is -0.452. The molecule has 2 N–H and O–H groups in total. The number of nitrogens with zero attached hydrogens (tertiary/aromatic N) is 2. The molecule has 1 fully saturated rings. The summed E-state index contributed by atoms with van der Waals surface area (Å²) in [6.45, 7) is -0.203. The van der Waals surface area contributed by atoms with Gasteiger partial charge in [0.1, 0.15) is 5.56 Å². The van der Waals surface area contributed by atoms with Gasteiger partial charge in [0.15, 0.2) is 0 Å². The van der Waals surface area contributed by atoms with Gasteiger partial charge >= 0.3 is 0 Å². The van der Waals surface area contributed by atoms with Crippen molar-refractivity contribution in [3.63, 3.8) is 0 Å². The molecular formula is C12H16N4O4S. The van der Waals surface area contributed by atoms with Gasteiger partial charge in [-0.2, -0.15) is 0 Å². The average Bonchev–Trinajstić information content (AvgIpc) is 3.02. The first-order chi connectivity index (χ1) is 10.0. The second-order valence-corrected chi connectivity index (χ2v) is 5.58. The zero-order chi connectivity index (χ0) is 15.4. The molecule has 21 heavy (non-hydrogen) atoms. The van der Waals surface area contributed by atoms with Gasteiger partial charge in [-0.15, -0.1) is 5.10 Å². The van der Waals surface area contributed by atoms with E-state index in [1.807, 2.05) is 0 Å². The number of carbonyl (C=O) groups is 3. The van der Waals surface area contributed by atoms with E-state index in [2.05, 4.69) is 15.7 Å². The van der Waals surface area contributed by atoms with E-state index in [0.717, 1.165) is 0 Å². The van der Waals surface area contributed by atoms with Gasteiger partial charge < -0.3 is 15.4 Å². The first-order valence-electron chi connectivity index (χ1n) is 6.33. The lowest BCUT2D eigenvalue weighted by Crippen LogP contribution is -2.43. The maximum Gasteiger partial charge on any atom is 0.258 e. The third-order valence-corrected chi connectivity index (χ3v) is 3.92. The van der Waals surface area contributed by atoms with E-state index in [9.17, 15) is 14.4 Å². The number of hydrogen-bond acceptors (Lipinski definition) is 6. The molecule has 1 aliphatic heterocycles. The van der Waals surface area contributed by atoms with Crippen LogP contribution in [0.15, 0.2) is 6.20 Å². The number of hydrogen-bond donors (Lipinski definition) is 2. The third kappa shape index (κ3) is 3.75. The van der Waals surface area contributed by atoms with Crippen LogP contribution in [0.4, 0.5) is 0 Å². The highest BCUT2D eigenvalue weighted by molar-refractivity contribution is 8.14. The van der Waals surface area contributed by atoms with Crippen LogP contribution in [0.2, 0.25) is 0 Å². The smallest absolute Gasteiger partial charge is 0.258 e. The first-order valence-corrected chi connectivity index (χ1v) is 7.31. The molecule has 2 rings (SSSR count). The highest BCUT2D eigenvalue weighted by Gasteiger charge is 2.26. The minimum atomic E-state index is -0.456. The second-order valence-electron chi connectivity index (χ2n) is 4.48. The monoisotopic (exact) mass is 312 g/mol. The molecule has 2 heterocycles. The minimum Gasteiger partial charge on any atom is -0.479 e. The van der Waals surface area contributed by atoms with Gasteiger partial charge in [-0.3, -0.25) is 19.1 Å². The maximum atomic E-state index is 11.9. The van der Waals surface area contributed by atoms with Gasteiger partial charge in [0.2, 0.25) is 16.9 Å². The highest BCUT2D eigenvalue weighted by atomic mass is 32.2. The van der Waals surface area contributed by atoms with Gasteiger partial charge in [-0.05, 0) is 6.42 Å². The number of ether oxygens (including phenoxy) is 1. The van der Waals surface area contributed by atoms with E-state index >= 15 is 0 Å². The van der Waals surface area contributed by atoms with Gasteiger partial charge in [0.05, 0.1) is 19.7 Å². The van der Waals surface area contributed by atoms with E-state index in [4.69, 9.17) is 4.74 Å². The van der Waals surface area contributed by atoms with Crippen molar-refractivity contribution in [3.05, 3.63) is 11.8 Å². The summed E-state index contributed by atoms with van der Waals surface area (Å²) in [5, 5.41) is 8.98. The summed E-state index contributed by atoms with van der Waals surface area (Å²) >= 11 is 1.21. The summed E-state index contributed by atoms with van der Waals surface area (Å²) < 4.78 is 6.42. The Morgan fingerprint density at radius 3 is 2.95 bits per heavy atom. The largest absolute Gasteiger partial charge is 0.479 e. The number of amides is 2. The number of aryl methyl sites for hydroxylation is 1. The van der Waals surface area contributed by atoms with E-state index in [0.29, 0.717) is 12.2 Å². The molecule has 0 bridgehead atoms. The van der Waals surface area contributed by atoms with E-state index in [1.165, 1.54) is 29.8 Å². The molecule has 1 atom stereocenters. The molecule has 0 aliphatic carbocycles. The predicted octanol–water partition coefficient (Wildman–Crippen LogP) is -0.693. The molecule has 0 unspecified atom stereocenters. The topological polar surface area (TPSA) is 102 Å². The van der Waals surface area contributed by atoms with Crippen molar-refractivity contribution in [3.8, 4) is 5.88 Å². The maximum absolute atomic E-state index is 11.9. The Morgan fingerprint density at radius 2 is 2.33 bits per heavy atom. The van der Waals surface area contributed by atoms with Crippen molar-refractivity contribution in [1.82, 2.24) is 20.4 Å². The molecule has 1 saturated heterocycles. The Bertz CT molecular complexity index is 572. The molecule has 2 amide bonds. The molecule has 1 aromatic rings. The van der Waals surface area contributed by atoms with Gasteiger partial charge in [0, 0.05) is 19.0 Å². The molecule has 9 heteroatoms. The lowest BCUT2D eigenvalue weighted by atomic mass is 10.2. The third-order valence-electron chi connectivity index (χ3n) is 2.91.